The number of hydrogen-bond acceptors (Lipinski definition) is 5. The first-order chi connectivity index (χ1) is 7.92. The Balaban J connectivity index is 2.60. The van der Waals surface area contributed by atoms with Gasteiger partial charge in [-0.1, -0.05) is 0 Å². The minimum Gasteiger partial charge on any atom is -0.478 e. The summed E-state index contributed by atoms with van der Waals surface area (Å²) in [5.41, 5.74) is 3.85. The van der Waals surface area contributed by atoms with Gasteiger partial charge in [0.25, 0.3) is 5.69 Å². The van der Waals surface area contributed by atoms with Gasteiger partial charge in [-0.15, -0.1) is 0 Å². The lowest BCUT2D eigenvalue weighted by molar-refractivity contribution is -0.385. The number of non-ortho nitro benzene ring substituents is 1. The van der Waals surface area contributed by atoms with Gasteiger partial charge >= 0.3 is 5.97 Å². The topological polar surface area (TPSA) is 118 Å². The molecule has 4 N–H and O–H groups in total. The number of aliphatic carboxylic acids is 1. The van der Waals surface area contributed by atoms with Crippen LogP contribution in [0.3, 0.4) is 0 Å². The maximum atomic E-state index is 10.9. The van der Waals surface area contributed by atoms with E-state index in [9.17, 15) is 14.9 Å². The summed E-state index contributed by atoms with van der Waals surface area (Å²) in [6, 6.07) is 4.12. The summed E-state index contributed by atoms with van der Waals surface area (Å²) in [5, 5.41) is 23.0. The molecule has 17 heavy (non-hydrogen) atoms. The average molecular weight is 235 g/mol. The van der Waals surface area contributed by atoms with E-state index in [0.717, 1.165) is 0 Å². The quantitative estimate of drug-likeness (QED) is 0.422. The van der Waals surface area contributed by atoms with Crippen molar-refractivity contribution in [3.05, 3.63) is 38.8 Å². The van der Waals surface area contributed by atoms with Gasteiger partial charge in [0.05, 0.1) is 4.92 Å². The molecular weight excluding hydrogens is 226 g/mol. The largest absolute Gasteiger partial charge is 0.478 e. The normalized spacial score (nSPS) is 21.5. The third-order valence-corrected chi connectivity index (χ3v) is 2.48. The van der Waals surface area contributed by atoms with E-state index < -0.39 is 16.6 Å². The molecule has 0 bridgehead atoms. The van der Waals surface area contributed by atoms with Gasteiger partial charge in [0.15, 0.2) is 0 Å². The molecule has 7 heteroatoms. The van der Waals surface area contributed by atoms with Crippen LogP contribution in [-0.2, 0) is 4.79 Å². The number of carbonyl (C=O) groups is 1. The zero-order chi connectivity index (χ0) is 12.6. The number of carboxylic acids is 1. The lowest BCUT2D eigenvalue weighted by atomic mass is 10.1. The fraction of sp³-hybridized carbons (Fsp3) is 0.100. The Bertz CT molecular complexity index is 625. The molecule has 0 radical (unpaired) electrons. The zero-order valence-electron chi connectivity index (χ0n) is 8.58. The predicted molar refractivity (Wildman–Crippen MR) is 59.0 cm³/mol. The summed E-state index contributed by atoms with van der Waals surface area (Å²) >= 11 is 0. The summed E-state index contributed by atoms with van der Waals surface area (Å²) in [5.74, 6) is -1.22. The Morgan fingerprint density at radius 3 is 2.76 bits per heavy atom. The van der Waals surface area contributed by atoms with Crippen molar-refractivity contribution in [3.8, 4) is 0 Å². The second-order valence-corrected chi connectivity index (χ2v) is 3.68. The second-order valence-electron chi connectivity index (χ2n) is 3.68. The molecule has 1 unspecified atom stereocenters. The number of nitrogens with zero attached hydrogens (tertiary/aromatic N) is 1. The molecule has 0 amide bonds. The fourth-order valence-electron chi connectivity index (χ4n) is 1.54. The molecular formula is C10H9N3O4. The molecule has 7 nitrogen and oxygen atoms in total. The van der Waals surface area contributed by atoms with Gasteiger partial charge in [-0.25, -0.2) is 4.79 Å². The number of benzene rings is 1. The van der Waals surface area contributed by atoms with Crippen LogP contribution in [0.4, 0.5) is 5.69 Å². The number of nitrogens with two attached hydrogens (primary N) is 1. The van der Waals surface area contributed by atoms with Crippen LogP contribution in [0.25, 0.3) is 12.3 Å². The molecule has 1 aliphatic heterocycles. The molecule has 88 valence electrons. The van der Waals surface area contributed by atoms with E-state index in [1.165, 1.54) is 30.5 Å². The molecule has 0 aromatic heterocycles. The lowest BCUT2D eigenvalue weighted by Gasteiger charge is -2.23. The molecule has 1 heterocycles. The van der Waals surface area contributed by atoms with E-state index in [1.807, 2.05) is 0 Å². The Morgan fingerprint density at radius 1 is 1.47 bits per heavy atom. The van der Waals surface area contributed by atoms with Gasteiger partial charge < -0.3 is 10.4 Å². The van der Waals surface area contributed by atoms with Crippen molar-refractivity contribution >= 4 is 23.9 Å². The molecule has 0 fully saturated rings. The van der Waals surface area contributed by atoms with E-state index in [4.69, 9.17) is 10.8 Å². The number of nitro groups is 1. The van der Waals surface area contributed by atoms with E-state index >= 15 is 0 Å². The van der Waals surface area contributed by atoms with Gasteiger partial charge in [-0.2, -0.15) is 0 Å². The van der Waals surface area contributed by atoms with Crippen molar-refractivity contribution in [2.75, 3.05) is 0 Å². The minimum absolute atomic E-state index is 0.0601. The van der Waals surface area contributed by atoms with Gasteiger partial charge in [0.1, 0.15) is 0 Å². The monoisotopic (exact) mass is 235 g/mol. The summed E-state index contributed by atoms with van der Waals surface area (Å²) < 4.78 is 0. The molecule has 1 atom stereocenters. The maximum absolute atomic E-state index is 10.9. The fourth-order valence-corrected chi connectivity index (χ4v) is 1.54. The van der Waals surface area contributed by atoms with Crippen LogP contribution >= 0.6 is 0 Å². The first kappa shape index (κ1) is 11.1. The van der Waals surface area contributed by atoms with Crippen molar-refractivity contribution in [3.63, 3.8) is 0 Å². The Labute approximate surface area is 95.0 Å². The summed E-state index contributed by atoms with van der Waals surface area (Å²) in [7, 11) is 0. The second kappa shape index (κ2) is 3.56. The van der Waals surface area contributed by atoms with Crippen LogP contribution in [-0.4, -0.2) is 21.7 Å². The first-order valence-electron chi connectivity index (χ1n) is 4.70. The van der Waals surface area contributed by atoms with Gasteiger partial charge in [0.2, 0.25) is 5.66 Å². The molecule has 1 aromatic rings. The smallest absolute Gasteiger partial charge is 0.348 e. The number of fused-ring (bicyclic) bond motifs is 1. The van der Waals surface area contributed by atoms with E-state index in [2.05, 4.69) is 5.32 Å². The van der Waals surface area contributed by atoms with Crippen molar-refractivity contribution in [2.45, 2.75) is 5.66 Å². The van der Waals surface area contributed by atoms with Crippen LogP contribution < -0.4 is 21.5 Å². The predicted octanol–water partition coefficient (Wildman–Crippen LogP) is -1.54. The highest BCUT2D eigenvalue weighted by molar-refractivity contribution is 5.87. The molecule has 0 spiro atoms. The summed E-state index contributed by atoms with van der Waals surface area (Å²) in [6.07, 6.45) is 2.67. The van der Waals surface area contributed by atoms with E-state index in [1.54, 1.807) is 0 Å². The number of rotatable bonds is 2. The number of nitrogens with one attached hydrogen (secondary N) is 1. The van der Waals surface area contributed by atoms with Crippen LogP contribution in [0.1, 0.15) is 0 Å². The highest BCUT2D eigenvalue weighted by atomic mass is 16.6. The van der Waals surface area contributed by atoms with Gasteiger partial charge in [0, 0.05) is 23.6 Å². The van der Waals surface area contributed by atoms with Crippen molar-refractivity contribution < 1.29 is 14.8 Å². The SMILES string of the molecule is NC1(C(=O)O)C=c2ccc([N+](=O)[O-])cc2=CN1. The molecule has 1 aromatic carbocycles. The molecule has 0 aliphatic carbocycles. The van der Waals surface area contributed by atoms with Gasteiger partial charge in [-0.3, -0.25) is 15.8 Å². The Kier molecular flexibility index (Phi) is 2.32. The highest BCUT2D eigenvalue weighted by Gasteiger charge is 2.31. The maximum Gasteiger partial charge on any atom is 0.348 e. The third kappa shape index (κ3) is 1.83. The molecule has 2 rings (SSSR count). The van der Waals surface area contributed by atoms with Crippen LogP contribution in [0.2, 0.25) is 0 Å². The van der Waals surface area contributed by atoms with Gasteiger partial charge in [-0.05, 0) is 17.4 Å². The zero-order valence-corrected chi connectivity index (χ0v) is 8.58. The first-order valence-corrected chi connectivity index (χ1v) is 4.70. The van der Waals surface area contributed by atoms with E-state index in [-0.39, 0.29) is 5.69 Å². The average Bonchev–Trinajstić information content (AvgIpc) is 2.28. The summed E-state index contributed by atoms with van der Waals surface area (Å²) in [4.78, 5) is 21.0. The van der Waals surface area contributed by atoms with Crippen LogP contribution in [0.5, 0.6) is 0 Å². The van der Waals surface area contributed by atoms with E-state index in [0.29, 0.717) is 10.4 Å². The van der Waals surface area contributed by atoms with Crippen LogP contribution in [0.15, 0.2) is 18.2 Å². The minimum atomic E-state index is -1.68. The molecule has 0 saturated carbocycles. The molecule has 0 saturated heterocycles. The molecule has 1 aliphatic rings. The standard InChI is InChI=1S/C10H9N3O4/c11-10(9(14)15)4-6-1-2-8(13(16)17)3-7(6)5-12-10/h1-5,12H,11H2,(H,14,15). The Hall–Kier alpha value is -2.41. The van der Waals surface area contributed by atoms with Crippen molar-refractivity contribution in [1.29, 1.82) is 0 Å². The van der Waals surface area contributed by atoms with Crippen LogP contribution in [0, 0.1) is 10.1 Å². The number of carboxylic acid groups (broad SMARTS) is 1. The third-order valence-electron chi connectivity index (χ3n) is 2.48. The highest BCUT2D eigenvalue weighted by Crippen LogP contribution is 2.06. The lowest BCUT2D eigenvalue weighted by Crippen LogP contribution is -2.60. The Morgan fingerprint density at radius 2 is 2.18 bits per heavy atom. The van der Waals surface area contributed by atoms with Crippen molar-refractivity contribution in [1.82, 2.24) is 5.32 Å². The number of hydrogen-bond donors (Lipinski definition) is 3. The summed E-state index contributed by atoms with van der Waals surface area (Å²) in [6.45, 7) is 0. The number of nitro benzene ring substituents is 1. The van der Waals surface area contributed by atoms with Crippen molar-refractivity contribution in [2.24, 2.45) is 5.73 Å².